The second-order valence-corrected chi connectivity index (χ2v) is 7.97. The number of hydrogen-bond donors (Lipinski definition) is 0. The molecule has 0 aliphatic carbocycles. The van der Waals surface area contributed by atoms with E-state index in [2.05, 4.69) is 4.90 Å². The van der Waals surface area contributed by atoms with Gasteiger partial charge < -0.3 is 9.30 Å². The Hall–Kier alpha value is -2.99. The van der Waals surface area contributed by atoms with E-state index in [1.54, 1.807) is 35.0 Å². The fourth-order valence-electron chi connectivity index (χ4n) is 3.84. The molecular weight excluding hydrogens is 398 g/mol. The van der Waals surface area contributed by atoms with Crippen LogP contribution >= 0.6 is 0 Å². The maximum Gasteiger partial charge on any atom is 0.254 e. The predicted octanol–water partition coefficient (Wildman–Crippen LogP) is 4.54. The number of rotatable bonds is 8. The molecule has 1 aromatic heterocycles. The second kappa shape index (κ2) is 9.88. The highest BCUT2D eigenvalue weighted by molar-refractivity contribution is 5.25. The topological polar surface area (TPSA) is 34.5 Å². The van der Waals surface area contributed by atoms with E-state index < -0.39 is 0 Å². The van der Waals surface area contributed by atoms with Crippen molar-refractivity contribution < 1.29 is 13.5 Å². The number of benzene rings is 2. The standard InChI is InChI=1S/C25H26F2N2O2/c26-22-7-4-19(5-8-22)18-31-23-10-14-29(25(30)16-23)13-9-21-6-3-20(15-24(21)27)17-28-11-1-2-12-28/h3-8,10,14-16H,1-2,9,11-13,17-18H2. The molecule has 1 aliphatic heterocycles. The summed E-state index contributed by atoms with van der Waals surface area (Å²) in [6.07, 6.45) is 4.52. The summed E-state index contributed by atoms with van der Waals surface area (Å²) in [5.41, 5.74) is 2.20. The lowest BCUT2D eigenvalue weighted by Gasteiger charge is -2.15. The second-order valence-electron chi connectivity index (χ2n) is 7.97. The number of likely N-dealkylation sites (tertiary alicyclic amines) is 1. The van der Waals surface area contributed by atoms with E-state index in [4.69, 9.17) is 4.74 Å². The molecule has 6 heteroatoms. The monoisotopic (exact) mass is 424 g/mol. The molecule has 0 amide bonds. The van der Waals surface area contributed by atoms with Gasteiger partial charge in [-0.25, -0.2) is 8.78 Å². The molecule has 3 aromatic rings. The molecule has 2 heterocycles. The van der Waals surface area contributed by atoms with Crippen LogP contribution in [-0.4, -0.2) is 22.6 Å². The van der Waals surface area contributed by atoms with Gasteiger partial charge in [-0.2, -0.15) is 0 Å². The Kier molecular flexibility index (Phi) is 6.77. The Balaban J connectivity index is 1.33. The summed E-state index contributed by atoms with van der Waals surface area (Å²) in [4.78, 5) is 14.7. The molecule has 162 valence electrons. The van der Waals surface area contributed by atoms with Gasteiger partial charge in [-0.1, -0.05) is 24.3 Å². The van der Waals surface area contributed by atoms with Crippen LogP contribution < -0.4 is 10.3 Å². The smallest absolute Gasteiger partial charge is 0.254 e. The van der Waals surface area contributed by atoms with Crippen molar-refractivity contribution >= 4 is 0 Å². The van der Waals surface area contributed by atoms with Gasteiger partial charge in [0, 0.05) is 25.4 Å². The van der Waals surface area contributed by atoms with E-state index in [0.29, 0.717) is 24.3 Å². The zero-order valence-corrected chi connectivity index (χ0v) is 17.4. The molecule has 1 aliphatic rings. The van der Waals surface area contributed by atoms with Crippen molar-refractivity contribution in [2.45, 2.75) is 39.0 Å². The summed E-state index contributed by atoms with van der Waals surface area (Å²) >= 11 is 0. The van der Waals surface area contributed by atoms with Gasteiger partial charge in [0.15, 0.2) is 0 Å². The van der Waals surface area contributed by atoms with E-state index in [0.717, 1.165) is 30.8 Å². The van der Waals surface area contributed by atoms with Crippen LogP contribution in [0.25, 0.3) is 0 Å². The average molecular weight is 424 g/mol. The minimum absolute atomic E-state index is 0.206. The van der Waals surface area contributed by atoms with E-state index in [1.807, 2.05) is 12.1 Å². The number of nitrogens with zero attached hydrogens (tertiary/aromatic N) is 2. The summed E-state index contributed by atoms with van der Waals surface area (Å²) in [7, 11) is 0. The minimum atomic E-state index is -0.302. The third-order valence-electron chi connectivity index (χ3n) is 5.63. The summed E-state index contributed by atoms with van der Waals surface area (Å²) in [6.45, 7) is 3.58. The summed E-state index contributed by atoms with van der Waals surface area (Å²) in [6, 6.07) is 14.6. The fourth-order valence-corrected chi connectivity index (χ4v) is 3.84. The zero-order valence-electron chi connectivity index (χ0n) is 17.4. The summed E-state index contributed by atoms with van der Waals surface area (Å²) in [5.74, 6) is -0.0731. The highest BCUT2D eigenvalue weighted by atomic mass is 19.1. The van der Waals surface area contributed by atoms with Gasteiger partial charge in [0.05, 0.1) is 0 Å². The first kappa shape index (κ1) is 21.2. The molecule has 4 rings (SSSR count). The largest absolute Gasteiger partial charge is 0.489 e. The van der Waals surface area contributed by atoms with Crippen LogP contribution in [0.2, 0.25) is 0 Å². The van der Waals surface area contributed by atoms with Crippen LogP contribution in [0.15, 0.2) is 65.6 Å². The van der Waals surface area contributed by atoms with E-state index in [-0.39, 0.29) is 23.8 Å². The molecule has 0 spiro atoms. The molecular formula is C25H26F2N2O2. The van der Waals surface area contributed by atoms with Gasteiger partial charge in [0.2, 0.25) is 0 Å². The predicted molar refractivity (Wildman–Crippen MR) is 116 cm³/mol. The molecule has 2 aromatic carbocycles. The van der Waals surface area contributed by atoms with Crippen LogP contribution in [0.4, 0.5) is 8.78 Å². The first-order valence-electron chi connectivity index (χ1n) is 10.6. The van der Waals surface area contributed by atoms with Gasteiger partial charge in [-0.15, -0.1) is 0 Å². The highest BCUT2D eigenvalue weighted by Crippen LogP contribution is 2.17. The van der Waals surface area contributed by atoms with E-state index in [9.17, 15) is 13.6 Å². The average Bonchev–Trinajstić information content (AvgIpc) is 3.27. The Labute approximate surface area is 180 Å². The first-order chi connectivity index (χ1) is 15.1. The van der Waals surface area contributed by atoms with Crippen LogP contribution in [0.3, 0.4) is 0 Å². The lowest BCUT2D eigenvalue weighted by atomic mass is 10.1. The lowest BCUT2D eigenvalue weighted by Crippen LogP contribution is -2.20. The molecule has 1 saturated heterocycles. The quantitative estimate of drug-likeness (QED) is 0.532. The van der Waals surface area contributed by atoms with Crippen molar-refractivity contribution in [1.82, 2.24) is 9.47 Å². The van der Waals surface area contributed by atoms with Gasteiger partial charge in [-0.05, 0) is 73.3 Å². The maximum absolute atomic E-state index is 14.5. The number of halogens is 2. The molecule has 0 N–H and O–H groups in total. The minimum Gasteiger partial charge on any atom is -0.489 e. The van der Waals surface area contributed by atoms with Crippen LogP contribution in [0.1, 0.15) is 29.5 Å². The fraction of sp³-hybridized carbons (Fsp3) is 0.320. The first-order valence-corrected chi connectivity index (χ1v) is 10.6. The number of ether oxygens (including phenoxy) is 1. The molecule has 0 saturated carbocycles. The molecule has 0 atom stereocenters. The van der Waals surface area contributed by atoms with Crippen molar-refractivity contribution in [2.75, 3.05) is 13.1 Å². The van der Waals surface area contributed by atoms with Gasteiger partial charge in [0.1, 0.15) is 24.0 Å². The molecule has 0 radical (unpaired) electrons. The van der Waals surface area contributed by atoms with Gasteiger partial charge >= 0.3 is 0 Å². The summed E-state index contributed by atoms with van der Waals surface area (Å²) in [5, 5.41) is 0. The number of aryl methyl sites for hydroxylation is 2. The maximum atomic E-state index is 14.5. The van der Waals surface area contributed by atoms with Crippen LogP contribution in [0, 0.1) is 11.6 Å². The third kappa shape index (κ3) is 5.79. The van der Waals surface area contributed by atoms with E-state index in [1.165, 1.54) is 31.0 Å². The number of aromatic nitrogens is 1. The third-order valence-corrected chi connectivity index (χ3v) is 5.63. The Morgan fingerprint density at radius 3 is 2.35 bits per heavy atom. The molecule has 0 bridgehead atoms. The van der Waals surface area contributed by atoms with Crippen molar-refractivity contribution in [3.05, 3.63) is 99.5 Å². The van der Waals surface area contributed by atoms with Crippen molar-refractivity contribution in [2.24, 2.45) is 0 Å². The Bertz CT molecular complexity index is 1070. The molecule has 1 fully saturated rings. The Morgan fingerprint density at radius 2 is 1.65 bits per heavy atom. The summed E-state index contributed by atoms with van der Waals surface area (Å²) < 4.78 is 34.6. The zero-order chi connectivity index (χ0) is 21.6. The van der Waals surface area contributed by atoms with Gasteiger partial charge in [-0.3, -0.25) is 9.69 Å². The lowest BCUT2D eigenvalue weighted by molar-refractivity contribution is 0.304. The van der Waals surface area contributed by atoms with Crippen molar-refractivity contribution in [3.8, 4) is 5.75 Å². The Morgan fingerprint density at radius 1 is 0.903 bits per heavy atom. The molecule has 31 heavy (non-hydrogen) atoms. The van der Waals surface area contributed by atoms with Crippen LogP contribution in [0.5, 0.6) is 5.75 Å². The normalized spacial score (nSPS) is 14.1. The van der Waals surface area contributed by atoms with Crippen molar-refractivity contribution in [3.63, 3.8) is 0 Å². The number of pyridine rings is 1. The van der Waals surface area contributed by atoms with Crippen LogP contribution in [-0.2, 0) is 26.1 Å². The molecule has 0 unspecified atom stereocenters. The van der Waals surface area contributed by atoms with E-state index >= 15 is 0 Å². The SMILES string of the molecule is O=c1cc(OCc2ccc(F)cc2)ccn1CCc1ccc(CN2CCCC2)cc1F. The van der Waals surface area contributed by atoms with Gasteiger partial charge in [0.25, 0.3) is 5.56 Å². The van der Waals surface area contributed by atoms with Crippen molar-refractivity contribution in [1.29, 1.82) is 0 Å². The molecule has 4 nitrogen and oxygen atoms in total. The number of hydrogen-bond acceptors (Lipinski definition) is 3. The highest BCUT2D eigenvalue weighted by Gasteiger charge is 2.13.